The van der Waals surface area contributed by atoms with E-state index in [1.54, 1.807) is 14.0 Å². The van der Waals surface area contributed by atoms with Gasteiger partial charge in [-0.3, -0.25) is 4.79 Å². The van der Waals surface area contributed by atoms with Crippen LogP contribution in [0, 0.1) is 0 Å². The van der Waals surface area contributed by atoms with E-state index in [4.69, 9.17) is 14.9 Å². The summed E-state index contributed by atoms with van der Waals surface area (Å²) in [5.41, 5.74) is -0.968. The second-order valence-electron chi connectivity index (χ2n) is 4.42. The molecule has 6 heteroatoms. The average Bonchev–Trinajstić information content (AvgIpc) is 2.77. The van der Waals surface area contributed by atoms with Crippen molar-refractivity contribution in [3.63, 3.8) is 0 Å². The summed E-state index contributed by atoms with van der Waals surface area (Å²) in [6, 6.07) is -0.317. The SMILES string of the molecule is COC1CNC(C(=O)NC(C)(CO)CO)C1. The van der Waals surface area contributed by atoms with Crippen LogP contribution >= 0.6 is 0 Å². The lowest BCUT2D eigenvalue weighted by Gasteiger charge is -2.27. The molecule has 0 spiro atoms. The topological polar surface area (TPSA) is 90.8 Å². The Morgan fingerprint density at radius 1 is 1.56 bits per heavy atom. The minimum Gasteiger partial charge on any atom is -0.394 e. The normalized spacial score (nSPS) is 25.8. The van der Waals surface area contributed by atoms with Gasteiger partial charge in [-0.15, -0.1) is 0 Å². The van der Waals surface area contributed by atoms with E-state index < -0.39 is 5.54 Å². The molecule has 2 atom stereocenters. The van der Waals surface area contributed by atoms with E-state index in [-0.39, 0.29) is 31.3 Å². The molecular formula is C10H20N2O4. The van der Waals surface area contributed by atoms with Crippen molar-refractivity contribution >= 4 is 5.91 Å². The highest BCUT2D eigenvalue weighted by molar-refractivity contribution is 5.82. The molecule has 0 aromatic rings. The van der Waals surface area contributed by atoms with Crippen molar-refractivity contribution in [3.05, 3.63) is 0 Å². The van der Waals surface area contributed by atoms with Crippen molar-refractivity contribution in [3.8, 4) is 0 Å². The number of aliphatic hydroxyl groups is 2. The third-order valence-corrected chi connectivity index (χ3v) is 2.86. The van der Waals surface area contributed by atoms with E-state index >= 15 is 0 Å². The van der Waals surface area contributed by atoms with Gasteiger partial charge < -0.3 is 25.6 Å². The second-order valence-corrected chi connectivity index (χ2v) is 4.42. The van der Waals surface area contributed by atoms with E-state index in [9.17, 15) is 4.79 Å². The largest absolute Gasteiger partial charge is 0.394 e. The first-order chi connectivity index (χ1) is 7.54. The van der Waals surface area contributed by atoms with Gasteiger partial charge in [0.25, 0.3) is 0 Å². The minimum atomic E-state index is -0.968. The Morgan fingerprint density at radius 2 is 2.19 bits per heavy atom. The summed E-state index contributed by atoms with van der Waals surface area (Å²) in [7, 11) is 1.61. The van der Waals surface area contributed by atoms with Crippen LogP contribution in [0.25, 0.3) is 0 Å². The fourth-order valence-electron chi connectivity index (χ4n) is 1.60. The fourth-order valence-corrected chi connectivity index (χ4v) is 1.60. The molecule has 1 rings (SSSR count). The quantitative estimate of drug-likeness (QED) is 0.450. The van der Waals surface area contributed by atoms with Gasteiger partial charge in [-0.2, -0.15) is 0 Å². The number of carbonyl (C=O) groups excluding carboxylic acids is 1. The number of hydrogen-bond donors (Lipinski definition) is 4. The molecule has 0 aromatic heterocycles. The summed E-state index contributed by atoms with van der Waals surface area (Å²) >= 11 is 0. The Balaban J connectivity index is 2.47. The molecule has 94 valence electrons. The van der Waals surface area contributed by atoms with Gasteiger partial charge >= 0.3 is 0 Å². The van der Waals surface area contributed by atoms with Crippen LogP contribution in [0.1, 0.15) is 13.3 Å². The van der Waals surface area contributed by atoms with E-state index in [2.05, 4.69) is 10.6 Å². The standard InChI is InChI=1S/C10H20N2O4/c1-10(5-13,6-14)12-9(15)8-3-7(16-2)4-11-8/h7-8,11,13-14H,3-6H2,1-2H3,(H,12,15). The number of methoxy groups -OCH3 is 1. The van der Waals surface area contributed by atoms with E-state index in [0.717, 1.165) is 0 Å². The Hall–Kier alpha value is -0.690. The molecule has 1 saturated heterocycles. The molecule has 0 bridgehead atoms. The van der Waals surface area contributed by atoms with Crippen LogP contribution in [0.15, 0.2) is 0 Å². The number of ether oxygens (including phenoxy) is 1. The van der Waals surface area contributed by atoms with Crippen LogP contribution in [-0.4, -0.2) is 60.7 Å². The average molecular weight is 232 g/mol. The number of amides is 1. The van der Waals surface area contributed by atoms with Crippen molar-refractivity contribution in [1.82, 2.24) is 10.6 Å². The lowest BCUT2D eigenvalue weighted by atomic mass is 10.0. The number of nitrogens with one attached hydrogen (secondary N) is 2. The monoisotopic (exact) mass is 232 g/mol. The molecule has 1 amide bonds. The van der Waals surface area contributed by atoms with Crippen LogP contribution in [0.2, 0.25) is 0 Å². The van der Waals surface area contributed by atoms with E-state index in [0.29, 0.717) is 13.0 Å². The van der Waals surface area contributed by atoms with E-state index in [1.807, 2.05) is 0 Å². The van der Waals surface area contributed by atoms with Crippen LogP contribution in [0.4, 0.5) is 0 Å². The van der Waals surface area contributed by atoms with Crippen LogP contribution in [0.3, 0.4) is 0 Å². The molecule has 1 heterocycles. The minimum absolute atomic E-state index is 0.0465. The van der Waals surface area contributed by atoms with Crippen molar-refractivity contribution in [2.45, 2.75) is 31.0 Å². The fraction of sp³-hybridized carbons (Fsp3) is 0.900. The van der Waals surface area contributed by atoms with Gasteiger partial charge in [0.2, 0.25) is 5.91 Å². The molecule has 0 radical (unpaired) electrons. The van der Waals surface area contributed by atoms with Crippen molar-refractivity contribution in [2.24, 2.45) is 0 Å². The zero-order chi connectivity index (χ0) is 12.2. The Bertz CT molecular complexity index is 243. The molecule has 0 saturated carbocycles. The van der Waals surface area contributed by atoms with Crippen LogP contribution in [0.5, 0.6) is 0 Å². The van der Waals surface area contributed by atoms with Crippen LogP contribution < -0.4 is 10.6 Å². The molecule has 0 aromatic carbocycles. The van der Waals surface area contributed by atoms with Crippen LogP contribution in [-0.2, 0) is 9.53 Å². The highest BCUT2D eigenvalue weighted by Gasteiger charge is 2.33. The Labute approximate surface area is 95.0 Å². The van der Waals surface area contributed by atoms with Gasteiger partial charge in [0.15, 0.2) is 0 Å². The summed E-state index contributed by atoms with van der Waals surface area (Å²) < 4.78 is 5.13. The molecule has 0 aliphatic carbocycles. The zero-order valence-corrected chi connectivity index (χ0v) is 9.69. The maximum Gasteiger partial charge on any atom is 0.237 e. The predicted octanol–water partition coefficient (Wildman–Crippen LogP) is -1.78. The summed E-state index contributed by atoms with van der Waals surface area (Å²) in [5, 5.41) is 23.8. The maximum atomic E-state index is 11.8. The van der Waals surface area contributed by atoms with Gasteiger partial charge in [-0.25, -0.2) is 0 Å². The van der Waals surface area contributed by atoms with Crippen molar-refractivity contribution in [2.75, 3.05) is 26.9 Å². The molecule has 1 aliphatic rings. The van der Waals surface area contributed by atoms with Gasteiger partial charge in [0.1, 0.15) is 0 Å². The smallest absolute Gasteiger partial charge is 0.237 e. The summed E-state index contributed by atoms with van der Waals surface area (Å²) in [6.07, 6.45) is 0.653. The lowest BCUT2D eigenvalue weighted by molar-refractivity contribution is -0.126. The van der Waals surface area contributed by atoms with Gasteiger partial charge in [-0.05, 0) is 13.3 Å². The second kappa shape index (κ2) is 5.58. The highest BCUT2D eigenvalue weighted by Crippen LogP contribution is 2.11. The summed E-state index contributed by atoms with van der Waals surface area (Å²) in [6.45, 7) is 1.64. The van der Waals surface area contributed by atoms with Gasteiger partial charge in [-0.1, -0.05) is 0 Å². The molecule has 4 N–H and O–H groups in total. The zero-order valence-electron chi connectivity index (χ0n) is 9.69. The molecule has 1 fully saturated rings. The summed E-state index contributed by atoms with van der Waals surface area (Å²) in [4.78, 5) is 11.8. The number of carbonyl (C=O) groups is 1. The third kappa shape index (κ3) is 3.15. The van der Waals surface area contributed by atoms with E-state index in [1.165, 1.54) is 0 Å². The Morgan fingerprint density at radius 3 is 2.62 bits per heavy atom. The summed E-state index contributed by atoms with van der Waals surface area (Å²) in [5.74, 6) is -0.217. The van der Waals surface area contributed by atoms with Gasteiger partial charge in [0.05, 0.1) is 30.9 Å². The molecule has 16 heavy (non-hydrogen) atoms. The first-order valence-corrected chi connectivity index (χ1v) is 5.34. The third-order valence-electron chi connectivity index (χ3n) is 2.86. The molecular weight excluding hydrogens is 212 g/mol. The first kappa shape index (κ1) is 13.4. The molecule has 2 unspecified atom stereocenters. The molecule has 1 aliphatic heterocycles. The molecule has 6 nitrogen and oxygen atoms in total. The number of rotatable bonds is 5. The van der Waals surface area contributed by atoms with Gasteiger partial charge in [0, 0.05) is 13.7 Å². The number of hydrogen-bond acceptors (Lipinski definition) is 5. The Kier molecular flexibility index (Phi) is 4.67. The predicted molar refractivity (Wildman–Crippen MR) is 57.9 cm³/mol. The first-order valence-electron chi connectivity index (χ1n) is 5.34. The van der Waals surface area contributed by atoms with Crippen molar-refractivity contribution in [1.29, 1.82) is 0 Å². The highest BCUT2D eigenvalue weighted by atomic mass is 16.5. The number of aliphatic hydroxyl groups excluding tert-OH is 2. The maximum absolute atomic E-state index is 11.8. The van der Waals surface area contributed by atoms with Crippen molar-refractivity contribution < 1.29 is 19.7 Å². The lowest BCUT2D eigenvalue weighted by Crippen LogP contribution is -2.56.